The third kappa shape index (κ3) is 3.44. The van der Waals surface area contributed by atoms with E-state index in [-0.39, 0.29) is 17.3 Å². The van der Waals surface area contributed by atoms with Gasteiger partial charge >= 0.3 is 5.97 Å². The Morgan fingerprint density at radius 2 is 1.88 bits per heavy atom. The predicted molar refractivity (Wildman–Crippen MR) is 89.3 cm³/mol. The van der Waals surface area contributed by atoms with Crippen LogP contribution in [0.2, 0.25) is 0 Å². The first kappa shape index (κ1) is 15.4. The van der Waals surface area contributed by atoms with Crippen molar-refractivity contribution in [2.75, 3.05) is 0 Å². The van der Waals surface area contributed by atoms with Crippen LogP contribution in [0.1, 0.15) is 11.1 Å². The lowest BCUT2D eigenvalue weighted by atomic mass is 10.2. The van der Waals surface area contributed by atoms with Crippen molar-refractivity contribution in [1.29, 1.82) is 0 Å². The number of benzene rings is 2. The molecule has 0 fully saturated rings. The maximum atomic E-state index is 11.8. The summed E-state index contributed by atoms with van der Waals surface area (Å²) in [7, 11) is 0. The Balaban J connectivity index is 1.83. The van der Waals surface area contributed by atoms with Crippen molar-refractivity contribution in [1.82, 2.24) is 0 Å². The normalized spacial score (nSPS) is 15.6. The number of non-ortho nitro benzene ring substituents is 1. The zero-order valence-corrected chi connectivity index (χ0v) is 12.5. The van der Waals surface area contributed by atoms with Crippen LogP contribution in [0.3, 0.4) is 0 Å². The fourth-order valence-corrected chi connectivity index (χ4v) is 2.11. The molecule has 0 spiro atoms. The zero-order valence-electron chi connectivity index (χ0n) is 12.5. The molecule has 1 aliphatic heterocycles. The van der Waals surface area contributed by atoms with E-state index in [1.807, 2.05) is 36.4 Å². The van der Waals surface area contributed by atoms with Crippen LogP contribution in [0.15, 0.2) is 77.4 Å². The molecule has 0 atom stereocenters. The van der Waals surface area contributed by atoms with Gasteiger partial charge in [0.2, 0.25) is 5.90 Å². The van der Waals surface area contributed by atoms with Gasteiger partial charge in [0.25, 0.3) is 5.69 Å². The molecule has 6 heteroatoms. The third-order valence-corrected chi connectivity index (χ3v) is 3.27. The summed E-state index contributed by atoms with van der Waals surface area (Å²) < 4.78 is 5.08. The van der Waals surface area contributed by atoms with Crippen LogP contribution in [-0.4, -0.2) is 16.8 Å². The van der Waals surface area contributed by atoms with Crippen molar-refractivity contribution in [3.8, 4) is 0 Å². The molecule has 3 rings (SSSR count). The zero-order chi connectivity index (χ0) is 16.9. The number of cyclic esters (lactones) is 1. The molecule has 2 aromatic rings. The first-order chi connectivity index (χ1) is 11.6. The first-order valence-electron chi connectivity index (χ1n) is 7.12. The summed E-state index contributed by atoms with van der Waals surface area (Å²) in [6.45, 7) is 0. The number of hydrogen-bond acceptors (Lipinski definition) is 5. The highest BCUT2D eigenvalue weighted by Crippen LogP contribution is 2.20. The molecule has 2 aromatic carbocycles. The van der Waals surface area contributed by atoms with Crippen LogP contribution in [0.4, 0.5) is 5.69 Å². The van der Waals surface area contributed by atoms with E-state index in [4.69, 9.17) is 4.74 Å². The van der Waals surface area contributed by atoms with Gasteiger partial charge in [-0.1, -0.05) is 48.6 Å². The van der Waals surface area contributed by atoms with Crippen LogP contribution >= 0.6 is 0 Å². The fourth-order valence-electron chi connectivity index (χ4n) is 2.11. The summed E-state index contributed by atoms with van der Waals surface area (Å²) in [5.74, 6) is -0.530. The van der Waals surface area contributed by atoms with Gasteiger partial charge < -0.3 is 4.74 Å². The number of nitro groups is 1. The topological polar surface area (TPSA) is 81.8 Å². The highest BCUT2D eigenvalue weighted by atomic mass is 16.6. The predicted octanol–water partition coefficient (Wildman–Crippen LogP) is 3.50. The fraction of sp³-hybridized carbons (Fsp3) is 0. The number of carbonyl (C=O) groups is 1. The second-order valence-corrected chi connectivity index (χ2v) is 4.94. The monoisotopic (exact) mass is 320 g/mol. The number of nitro benzene ring substituents is 1. The molecule has 0 unspecified atom stereocenters. The quantitative estimate of drug-likeness (QED) is 0.374. The van der Waals surface area contributed by atoms with Crippen molar-refractivity contribution in [2.24, 2.45) is 4.99 Å². The smallest absolute Gasteiger partial charge is 0.363 e. The number of hydrogen-bond donors (Lipinski definition) is 0. The Bertz CT molecular complexity index is 883. The molecule has 0 radical (unpaired) electrons. The summed E-state index contributed by atoms with van der Waals surface area (Å²) in [6, 6.07) is 15.4. The average molecular weight is 320 g/mol. The van der Waals surface area contributed by atoms with Crippen molar-refractivity contribution >= 4 is 23.6 Å². The Morgan fingerprint density at radius 1 is 1.08 bits per heavy atom. The summed E-state index contributed by atoms with van der Waals surface area (Å²) in [4.78, 5) is 26.2. The number of carbonyl (C=O) groups excluding carboxylic acids is 1. The lowest BCUT2D eigenvalue weighted by molar-refractivity contribution is -0.384. The molecular weight excluding hydrogens is 308 g/mol. The summed E-state index contributed by atoms with van der Waals surface area (Å²) in [5, 5.41) is 10.8. The van der Waals surface area contributed by atoms with Crippen LogP contribution in [0.25, 0.3) is 6.08 Å². The molecule has 24 heavy (non-hydrogen) atoms. The average Bonchev–Trinajstić information content (AvgIpc) is 2.97. The lowest BCUT2D eigenvalue weighted by Gasteiger charge is -1.98. The molecule has 0 aliphatic carbocycles. The summed E-state index contributed by atoms with van der Waals surface area (Å²) in [6.07, 6.45) is 5.08. The molecule has 0 saturated heterocycles. The molecule has 6 nitrogen and oxygen atoms in total. The van der Waals surface area contributed by atoms with Gasteiger partial charge in [0, 0.05) is 17.7 Å². The molecule has 0 saturated carbocycles. The maximum absolute atomic E-state index is 11.8. The van der Waals surface area contributed by atoms with E-state index in [1.165, 1.54) is 18.2 Å². The minimum atomic E-state index is -0.589. The Labute approximate surface area is 137 Å². The molecule has 1 heterocycles. The molecule has 118 valence electrons. The van der Waals surface area contributed by atoms with E-state index in [2.05, 4.69) is 4.99 Å². The van der Waals surface area contributed by atoms with Gasteiger partial charge in [0.15, 0.2) is 5.70 Å². The van der Waals surface area contributed by atoms with E-state index in [1.54, 1.807) is 18.2 Å². The van der Waals surface area contributed by atoms with E-state index in [0.717, 1.165) is 5.56 Å². The van der Waals surface area contributed by atoms with Gasteiger partial charge in [-0.25, -0.2) is 9.79 Å². The van der Waals surface area contributed by atoms with E-state index < -0.39 is 10.9 Å². The van der Waals surface area contributed by atoms with Crippen molar-refractivity contribution < 1.29 is 14.5 Å². The molecule has 0 aromatic heterocycles. The molecular formula is C18H12N2O4. The van der Waals surface area contributed by atoms with Crippen LogP contribution < -0.4 is 0 Å². The molecule has 0 bridgehead atoms. The highest BCUT2D eigenvalue weighted by molar-refractivity contribution is 6.11. The molecule has 0 amide bonds. The van der Waals surface area contributed by atoms with Gasteiger partial charge in [-0.3, -0.25) is 10.1 Å². The second-order valence-electron chi connectivity index (χ2n) is 4.94. The summed E-state index contributed by atoms with van der Waals surface area (Å²) >= 11 is 0. The number of allylic oxidation sites excluding steroid dienone is 2. The standard InChI is InChI=1S/C18H12N2O4/c21-18-16(11-4-8-13-6-2-1-3-7-13)19-17(24-18)14-9-5-10-15(12-14)20(22)23/h1-12H/b8-4-,16-11+. The SMILES string of the molecule is O=C1OC(c2cccc([N+](=O)[O-])c2)=N/C1=C/C=C\c1ccccc1. The van der Waals surface area contributed by atoms with E-state index in [0.29, 0.717) is 5.56 Å². The highest BCUT2D eigenvalue weighted by Gasteiger charge is 2.24. The Hall–Kier alpha value is -3.54. The first-order valence-corrected chi connectivity index (χ1v) is 7.12. The van der Waals surface area contributed by atoms with Gasteiger partial charge in [0.1, 0.15) is 0 Å². The van der Waals surface area contributed by atoms with Crippen LogP contribution in [0, 0.1) is 10.1 Å². The lowest BCUT2D eigenvalue weighted by Crippen LogP contribution is -2.05. The Kier molecular flexibility index (Phi) is 4.29. The minimum absolute atomic E-state index is 0.0584. The van der Waals surface area contributed by atoms with E-state index >= 15 is 0 Å². The minimum Gasteiger partial charge on any atom is -0.402 e. The second kappa shape index (κ2) is 6.70. The van der Waals surface area contributed by atoms with Crippen molar-refractivity contribution in [3.63, 3.8) is 0 Å². The van der Waals surface area contributed by atoms with Crippen LogP contribution in [-0.2, 0) is 9.53 Å². The van der Waals surface area contributed by atoms with Crippen LogP contribution in [0.5, 0.6) is 0 Å². The van der Waals surface area contributed by atoms with Gasteiger partial charge in [-0.05, 0) is 17.7 Å². The third-order valence-electron chi connectivity index (χ3n) is 3.27. The maximum Gasteiger partial charge on any atom is 0.363 e. The van der Waals surface area contributed by atoms with Gasteiger partial charge in [-0.15, -0.1) is 0 Å². The number of rotatable bonds is 4. The number of aliphatic imine (C=N–C) groups is 1. The van der Waals surface area contributed by atoms with Gasteiger partial charge in [-0.2, -0.15) is 0 Å². The van der Waals surface area contributed by atoms with Crippen molar-refractivity contribution in [2.45, 2.75) is 0 Å². The number of ether oxygens (including phenoxy) is 1. The summed E-state index contributed by atoms with van der Waals surface area (Å²) in [5.41, 5.74) is 1.42. The van der Waals surface area contributed by atoms with E-state index in [9.17, 15) is 14.9 Å². The largest absolute Gasteiger partial charge is 0.402 e. The molecule has 1 aliphatic rings. The van der Waals surface area contributed by atoms with Gasteiger partial charge in [0.05, 0.1) is 4.92 Å². The number of nitrogens with zero attached hydrogens (tertiary/aromatic N) is 2. The van der Waals surface area contributed by atoms with Crippen molar-refractivity contribution in [3.05, 3.63) is 93.7 Å². The molecule has 0 N–H and O–H groups in total. The Morgan fingerprint density at radius 3 is 2.62 bits per heavy atom. The number of esters is 1.